The number of hydrogen-bond donors (Lipinski definition) is 3. The van der Waals surface area contributed by atoms with Gasteiger partial charge in [-0.15, -0.1) is 0 Å². The van der Waals surface area contributed by atoms with Crippen molar-refractivity contribution in [3.63, 3.8) is 0 Å². The van der Waals surface area contributed by atoms with Gasteiger partial charge in [-0.25, -0.2) is 23.1 Å². The van der Waals surface area contributed by atoms with Crippen LogP contribution in [0.25, 0.3) is 10.9 Å². The molecule has 0 bridgehead atoms. The highest BCUT2D eigenvalue weighted by Gasteiger charge is 2.20. The fourth-order valence-electron chi connectivity index (χ4n) is 1.90. The first-order chi connectivity index (χ1) is 9.95. The Labute approximate surface area is 125 Å². The van der Waals surface area contributed by atoms with E-state index in [1.165, 1.54) is 18.5 Å². The van der Waals surface area contributed by atoms with Crippen LogP contribution >= 0.6 is 11.6 Å². The van der Waals surface area contributed by atoms with Crippen molar-refractivity contribution in [1.82, 2.24) is 15.0 Å². The summed E-state index contributed by atoms with van der Waals surface area (Å²) in [5.41, 5.74) is 6.83. The fraction of sp³-hybridized carbons (Fsp3) is 0. The van der Waals surface area contributed by atoms with Crippen LogP contribution in [0.2, 0.25) is 5.15 Å². The van der Waals surface area contributed by atoms with Crippen LogP contribution < -0.4 is 10.5 Å². The summed E-state index contributed by atoms with van der Waals surface area (Å²) in [6.07, 6.45) is 2.75. The van der Waals surface area contributed by atoms with E-state index in [2.05, 4.69) is 19.7 Å². The van der Waals surface area contributed by atoms with E-state index >= 15 is 0 Å². The van der Waals surface area contributed by atoms with Crippen molar-refractivity contribution >= 4 is 44.2 Å². The summed E-state index contributed by atoms with van der Waals surface area (Å²) in [6.45, 7) is 0. The van der Waals surface area contributed by atoms with Crippen molar-refractivity contribution < 1.29 is 8.42 Å². The van der Waals surface area contributed by atoms with E-state index in [0.29, 0.717) is 16.6 Å². The lowest BCUT2D eigenvalue weighted by atomic mass is 10.2. The van der Waals surface area contributed by atoms with E-state index in [-0.39, 0.29) is 16.0 Å². The molecular formula is C12H10ClN5O2S. The molecule has 0 fully saturated rings. The smallest absolute Gasteiger partial charge is 0.266 e. The first-order valence-corrected chi connectivity index (χ1v) is 7.70. The van der Waals surface area contributed by atoms with Gasteiger partial charge in [-0.2, -0.15) is 0 Å². The minimum absolute atomic E-state index is 0.0843. The predicted molar refractivity (Wildman–Crippen MR) is 80.6 cm³/mol. The highest BCUT2D eigenvalue weighted by atomic mass is 35.5. The maximum Gasteiger partial charge on any atom is 0.266 e. The molecule has 7 nitrogen and oxygen atoms in total. The highest BCUT2D eigenvalue weighted by Crippen LogP contribution is 2.25. The van der Waals surface area contributed by atoms with Crippen LogP contribution in [-0.4, -0.2) is 23.4 Å². The average Bonchev–Trinajstić information content (AvgIpc) is 2.81. The molecule has 0 aliphatic carbocycles. The lowest BCUT2D eigenvalue weighted by Gasteiger charge is -2.05. The van der Waals surface area contributed by atoms with Gasteiger partial charge in [0.2, 0.25) is 5.95 Å². The molecule has 0 saturated carbocycles. The molecule has 2 aromatic heterocycles. The van der Waals surface area contributed by atoms with Crippen molar-refractivity contribution in [3.05, 3.63) is 41.8 Å². The fourth-order valence-corrected chi connectivity index (χ4v) is 3.17. The van der Waals surface area contributed by atoms with Crippen LogP contribution in [0.15, 0.2) is 41.6 Å². The van der Waals surface area contributed by atoms with Gasteiger partial charge in [0.05, 0.1) is 0 Å². The summed E-state index contributed by atoms with van der Waals surface area (Å²) < 4.78 is 27.1. The largest absolute Gasteiger partial charge is 0.399 e. The number of anilines is 2. The Balaban J connectivity index is 2.04. The van der Waals surface area contributed by atoms with E-state index < -0.39 is 10.0 Å². The monoisotopic (exact) mass is 323 g/mol. The summed E-state index contributed by atoms with van der Waals surface area (Å²) >= 11 is 5.71. The number of rotatable bonds is 3. The summed E-state index contributed by atoms with van der Waals surface area (Å²) in [5.74, 6) is -0.0905. The number of sulfonamides is 1. The maximum absolute atomic E-state index is 12.4. The molecule has 4 N–H and O–H groups in total. The SMILES string of the molecule is Nc1ccc2c(S(=O)(=O)Nc3nccc(Cl)n3)c[nH]c2c1. The lowest BCUT2D eigenvalue weighted by molar-refractivity contribution is 0.601. The van der Waals surface area contributed by atoms with Gasteiger partial charge < -0.3 is 10.7 Å². The number of hydrogen-bond acceptors (Lipinski definition) is 5. The van der Waals surface area contributed by atoms with Gasteiger partial charge in [-0.05, 0) is 24.3 Å². The molecule has 0 spiro atoms. The van der Waals surface area contributed by atoms with Gasteiger partial charge in [0.25, 0.3) is 10.0 Å². The molecule has 0 unspecified atom stereocenters. The lowest BCUT2D eigenvalue weighted by Crippen LogP contribution is -2.14. The number of nitrogens with zero attached hydrogens (tertiary/aromatic N) is 2. The van der Waals surface area contributed by atoms with Gasteiger partial charge in [-0.1, -0.05) is 11.6 Å². The Kier molecular flexibility index (Phi) is 3.19. The Morgan fingerprint density at radius 3 is 2.86 bits per heavy atom. The number of aromatic amines is 1. The molecule has 0 amide bonds. The molecule has 0 saturated heterocycles. The molecular weight excluding hydrogens is 314 g/mol. The van der Waals surface area contributed by atoms with Crippen molar-refractivity contribution in [1.29, 1.82) is 0 Å². The van der Waals surface area contributed by atoms with Gasteiger partial charge in [0.1, 0.15) is 10.0 Å². The first kappa shape index (κ1) is 13.7. The molecule has 0 aliphatic rings. The minimum Gasteiger partial charge on any atom is -0.399 e. The van der Waals surface area contributed by atoms with Crippen LogP contribution in [0.5, 0.6) is 0 Å². The Morgan fingerprint density at radius 2 is 2.10 bits per heavy atom. The van der Waals surface area contributed by atoms with Gasteiger partial charge in [-0.3, -0.25) is 0 Å². The second-order valence-corrected chi connectivity index (χ2v) is 6.30. The van der Waals surface area contributed by atoms with Crippen molar-refractivity contribution in [3.8, 4) is 0 Å². The Morgan fingerprint density at radius 1 is 1.29 bits per heavy atom. The average molecular weight is 324 g/mol. The molecule has 2 heterocycles. The van der Waals surface area contributed by atoms with Crippen LogP contribution in [-0.2, 0) is 10.0 Å². The van der Waals surface area contributed by atoms with Gasteiger partial charge in [0.15, 0.2) is 0 Å². The molecule has 0 atom stereocenters. The minimum atomic E-state index is -3.83. The summed E-state index contributed by atoms with van der Waals surface area (Å²) in [4.78, 5) is 10.6. The quantitative estimate of drug-likeness (QED) is 0.504. The second-order valence-electron chi connectivity index (χ2n) is 4.27. The Bertz CT molecular complexity index is 922. The zero-order chi connectivity index (χ0) is 15.0. The van der Waals surface area contributed by atoms with E-state index in [1.807, 2.05) is 0 Å². The molecule has 1 aromatic carbocycles. The van der Waals surface area contributed by atoms with Gasteiger partial charge in [0, 0.05) is 29.0 Å². The normalized spacial score (nSPS) is 11.7. The van der Waals surface area contributed by atoms with Crippen LogP contribution in [0, 0.1) is 0 Å². The summed E-state index contributed by atoms with van der Waals surface area (Å²) in [6, 6.07) is 6.37. The maximum atomic E-state index is 12.4. The van der Waals surface area contributed by atoms with E-state index in [1.54, 1.807) is 18.2 Å². The van der Waals surface area contributed by atoms with E-state index in [4.69, 9.17) is 17.3 Å². The number of aromatic nitrogens is 3. The molecule has 0 aliphatic heterocycles. The van der Waals surface area contributed by atoms with Crippen molar-refractivity contribution in [2.75, 3.05) is 10.5 Å². The van der Waals surface area contributed by atoms with E-state index in [0.717, 1.165) is 0 Å². The third-order valence-corrected chi connectivity index (χ3v) is 4.38. The Hall–Kier alpha value is -2.32. The van der Waals surface area contributed by atoms with Crippen molar-refractivity contribution in [2.24, 2.45) is 0 Å². The van der Waals surface area contributed by atoms with Crippen molar-refractivity contribution in [2.45, 2.75) is 4.90 Å². The molecule has 3 rings (SSSR count). The third-order valence-electron chi connectivity index (χ3n) is 2.80. The molecule has 0 radical (unpaired) electrons. The number of nitrogen functional groups attached to an aromatic ring is 1. The molecule has 108 valence electrons. The third kappa shape index (κ3) is 2.63. The van der Waals surface area contributed by atoms with Gasteiger partial charge >= 0.3 is 0 Å². The number of halogens is 1. The standard InChI is InChI=1S/C12H10ClN5O2S/c13-11-3-4-15-12(17-11)18-21(19,20)10-6-16-9-5-7(14)1-2-8(9)10/h1-6,16H,14H2,(H,15,17,18). The second kappa shape index (κ2) is 4.90. The highest BCUT2D eigenvalue weighted by molar-refractivity contribution is 7.93. The first-order valence-electron chi connectivity index (χ1n) is 5.84. The molecule has 9 heteroatoms. The molecule has 3 aromatic rings. The van der Waals surface area contributed by atoms with Crippen LogP contribution in [0.4, 0.5) is 11.6 Å². The predicted octanol–water partition coefficient (Wildman–Crippen LogP) is 1.99. The number of nitrogens with two attached hydrogens (primary N) is 1. The van der Waals surface area contributed by atoms with E-state index in [9.17, 15) is 8.42 Å². The zero-order valence-electron chi connectivity index (χ0n) is 10.5. The number of fused-ring (bicyclic) bond motifs is 1. The number of benzene rings is 1. The molecule has 21 heavy (non-hydrogen) atoms. The number of H-pyrrole nitrogens is 1. The van der Waals surface area contributed by atoms with Crippen LogP contribution in [0.1, 0.15) is 0 Å². The number of nitrogens with one attached hydrogen (secondary N) is 2. The topological polar surface area (TPSA) is 114 Å². The van der Waals surface area contributed by atoms with Crippen LogP contribution in [0.3, 0.4) is 0 Å². The summed E-state index contributed by atoms with van der Waals surface area (Å²) in [7, 11) is -3.83. The summed E-state index contributed by atoms with van der Waals surface area (Å²) in [5, 5.41) is 0.674. The zero-order valence-corrected chi connectivity index (χ0v) is 12.1.